The van der Waals surface area contributed by atoms with Crippen LogP contribution in [-0.4, -0.2) is 17.8 Å². The van der Waals surface area contributed by atoms with E-state index in [2.05, 4.69) is 22.9 Å². The molecule has 92 valence electrons. The van der Waals surface area contributed by atoms with Gasteiger partial charge in [0.1, 0.15) is 0 Å². The van der Waals surface area contributed by atoms with Crippen molar-refractivity contribution in [2.75, 3.05) is 13.2 Å². The first-order chi connectivity index (χ1) is 8.22. The Morgan fingerprint density at radius 3 is 3.00 bits per heavy atom. The van der Waals surface area contributed by atoms with E-state index in [1.807, 2.05) is 12.1 Å². The molecule has 0 saturated carbocycles. The van der Waals surface area contributed by atoms with Gasteiger partial charge in [0.15, 0.2) is 5.58 Å². The number of ether oxygens (including phenoxy) is 1. The average Bonchev–Trinajstić information content (AvgIpc) is 2.61. The van der Waals surface area contributed by atoms with Crippen molar-refractivity contribution in [3.63, 3.8) is 0 Å². The van der Waals surface area contributed by atoms with Crippen LogP contribution in [0, 0.1) is 0 Å². The molecule has 0 aliphatic heterocycles. The molecule has 1 heterocycles. The van der Waals surface area contributed by atoms with Gasteiger partial charge in [-0.25, -0.2) is 4.79 Å². The highest BCUT2D eigenvalue weighted by Gasteiger charge is 2.08. The summed E-state index contributed by atoms with van der Waals surface area (Å²) in [5.74, 6) is -0.335. The van der Waals surface area contributed by atoms with Gasteiger partial charge in [-0.1, -0.05) is 22.9 Å². The summed E-state index contributed by atoms with van der Waals surface area (Å²) < 4.78 is 13.0. The van der Waals surface area contributed by atoms with E-state index in [0.717, 1.165) is 16.4 Å². The lowest BCUT2D eigenvalue weighted by molar-refractivity contribution is 0.126. The van der Waals surface area contributed by atoms with Crippen molar-refractivity contribution in [2.45, 2.75) is 19.9 Å². The predicted molar refractivity (Wildman–Crippen MR) is 69.3 cm³/mol. The highest BCUT2D eigenvalue weighted by Crippen LogP contribution is 2.18. The van der Waals surface area contributed by atoms with Gasteiger partial charge in [0, 0.05) is 11.1 Å². The fourth-order valence-electron chi connectivity index (χ4n) is 1.65. The summed E-state index contributed by atoms with van der Waals surface area (Å²) in [6.07, 6.45) is 0.979. The van der Waals surface area contributed by atoms with Crippen LogP contribution in [0.1, 0.15) is 13.3 Å². The van der Waals surface area contributed by atoms with Crippen LogP contribution >= 0.6 is 15.9 Å². The maximum atomic E-state index is 11.6. The number of oxazole rings is 1. The molecule has 0 amide bonds. The number of rotatable bonds is 5. The van der Waals surface area contributed by atoms with E-state index in [0.29, 0.717) is 25.3 Å². The standard InChI is InChI=1S/C12H14BrNO3/c1-2-6-16-7-5-14-10-8-9(13)3-4-11(10)17-12(14)15/h3-4,8H,2,5-7H2,1H3. The molecule has 4 nitrogen and oxygen atoms in total. The molecule has 0 spiro atoms. The summed E-state index contributed by atoms with van der Waals surface area (Å²) in [7, 11) is 0. The minimum Gasteiger partial charge on any atom is -0.408 e. The summed E-state index contributed by atoms with van der Waals surface area (Å²) >= 11 is 3.38. The van der Waals surface area contributed by atoms with E-state index in [4.69, 9.17) is 9.15 Å². The largest absolute Gasteiger partial charge is 0.420 e. The van der Waals surface area contributed by atoms with Crippen molar-refractivity contribution < 1.29 is 9.15 Å². The maximum Gasteiger partial charge on any atom is 0.420 e. The first-order valence-corrected chi connectivity index (χ1v) is 6.38. The third kappa shape index (κ3) is 2.79. The molecule has 0 atom stereocenters. The third-order valence-electron chi connectivity index (χ3n) is 2.44. The van der Waals surface area contributed by atoms with Gasteiger partial charge in [-0.2, -0.15) is 0 Å². The van der Waals surface area contributed by atoms with E-state index in [1.165, 1.54) is 0 Å². The number of nitrogens with zero attached hydrogens (tertiary/aromatic N) is 1. The van der Waals surface area contributed by atoms with Crippen LogP contribution in [0.25, 0.3) is 11.1 Å². The lowest BCUT2D eigenvalue weighted by Gasteiger charge is -2.03. The molecule has 17 heavy (non-hydrogen) atoms. The quantitative estimate of drug-likeness (QED) is 0.798. The molecule has 2 aromatic rings. The fraction of sp³-hybridized carbons (Fsp3) is 0.417. The number of halogens is 1. The molecule has 0 fully saturated rings. The Balaban J connectivity index is 2.23. The topological polar surface area (TPSA) is 44.4 Å². The highest BCUT2D eigenvalue weighted by molar-refractivity contribution is 9.10. The summed E-state index contributed by atoms with van der Waals surface area (Å²) in [5, 5.41) is 0. The molecular weight excluding hydrogens is 286 g/mol. The van der Waals surface area contributed by atoms with E-state index < -0.39 is 0 Å². The van der Waals surface area contributed by atoms with Crippen LogP contribution in [-0.2, 0) is 11.3 Å². The Hall–Kier alpha value is -1.07. The SMILES string of the molecule is CCCOCCn1c(=O)oc2ccc(Br)cc21. The van der Waals surface area contributed by atoms with Gasteiger partial charge < -0.3 is 9.15 Å². The Bertz CT molecular complexity index is 558. The summed E-state index contributed by atoms with van der Waals surface area (Å²) in [6, 6.07) is 5.51. The zero-order valence-corrected chi connectivity index (χ0v) is 11.2. The van der Waals surface area contributed by atoms with Crippen molar-refractivity contribution >= 4 is 27.0 Å². The van der Waals surface area contributed by atoms with E-state index in [9.17, 15) is 4.79 Å². The van der Waals surface area contributed by atoms with Crippen LogP contribution in [0.3, 0.4) is 0 Å². The molecular formula is C12H14BrNO3. The predicted octanol–water partition coefficient (Wildman–Crippen LogP) is 2.78. The number of hydrogen-bond acceptors (Lipinski definition) is 3. The molecule has 1 aromatic carbocycles. The normalized spacial score (nSPS) is 11.2. The van der Waals surface area contributed by atoms with Crippen LogP contribution in [0.2, 0.25) is 0 Å². The molecule has 5 heteroatoms. The third-order valence-corrected chi connectivity index (χ3v) is 2.93. The zero-order chi connectivity index (χ0) is 12.3. The molecule has 1 aromatic heterocycles. The second-order valence-corrected chi connectivity index (χ2v) is 4.66. The Morgan fingerprint density at radius 2 is 2.24 bits per heavy atom. The van der Waals surface area contributed by atoms with Crippen molar-refractivity contribution in [3.8, 4) is 0 Å². The summed E-state index contributed by atoms with van der Waals surface area (Å²) in [6.45, 7) is 3.81. The van der Waals surface area contributed by atoms with Crippen molar-refractivity contribution in [1.29, 1.82) is 0 Å². The fourth-order valence-corrected chi connectivity index (χ4v) is 2.00. The lowest BCUT2D eigenvalue weighted by Crippen LogP contribution is -2.17. The minimum absolute atomic E-state index is 0.335. The van der Waals surface area contributed by atoms with Gasteiger partial charge in [-0.15, -0.1) is 0 Å². The molecule has 0 unspecified atom stereocenters. The summed E-state index contributed by atoms with van der Waals surface area (Å²) in [4.78, 5) is 11.6. The van der Waals surface area contributed by atoms with E-state index in [-0.39, 0.29) is 5.76 Å². The monoisotopic (exact) mass is 299 g/mol. The highest BCUT2D eigenvalue weighted by atomic mass is 79.9. The average molecular weight is 300 g/mol. The van der Waals surface area contributed by atoms with Crippen LogP contribution in [0.15, 0.2) is 31.9 Å². The van der Waals surface area contributed by atoms with Crippen LogP contribution in [0.4, 0.5) is 0 Å². The van der Waals surface area contributed by atoms with Crippen molar-refractivity contribution in [3.05, 3.63) is 33.2 Å². The first-order valence-electron chi connectivity index (χ1n) is 5.59. The number of fused-ring (bicyclic) bond motifs is 1. The van der Waals surface area contributed by atoms with Crippen LogP contribution in [0.5, 0.6) is 0 Å². The van der Waals surface area contributed by atoms with Crippen molar-refractivity contribution in [2.24, 2.45) is 0 Å². The smallest absolute Gasteiger partial charge is 0.408 e. The molecule has 0 N–H and O–H groups in total. The lowest BCUT2D eigenvalue weighted by atomic mass is 10.3. The molecule has 0 aliphatic carbocycles. The Kier molecular flexibility index (Phi) is 4.02. The van der Waals surface area contributed by atoms with Gasteiger partial charge in [-0.3, -0.25) is 4.57 Å². The number of hydrogen-bond donors (Lipinski definition) is 0. The second-order valence-electron chi connectivity index (χ2n) is 3.74. The number of benzene rings is 1. The molecule has 0 bridgehead atoms. The Morgan fingerprint density at radius 1 is 1.41 bits per heavy atom. The molecule has 0 saturated heterocycles. The molecule has 0 aliphatic rings. The molecule has 0 radical (unpaired) electrons. The first kappa shape index (κ1) is 12.4. The number of aromatic nitrogens is 1. The van der Waals surface area contributed by atoms with Gasteiger partial charge >= 0.3 is 5.76 Å². The summed E-state index contributed by atoms with van der Waals surface area (Å²) in [5.41, 5.74) is 1.40. The van der Waals surface area contributed by atoms with E-state index >= 15 is 0 Å². The van der Waals surface area contributed by atoms with Gasteiger partial charge in [0.25, 0.3) is 0 Å². The van der Waals surface area contributed by atoms with Crippen molar-refractivity contribution in [1.82, 2.24) is 4.57 Å². The second kappa shape index (κ2) is 5.51. The Labute approximate surface area is 107 Å². The molecule has 2 rings (SSSR count). The maximum absolute atomic E-state index is 11.6. The minimum atomic E-state index is -0.335. The van der Waals surface area contributed by atoms with E-state index in [1.54, 1.807) is 10.6 Å². The van der Waals surface area contributed by atoms with Gasteiger partial charge in [-0.05, 0) is 24.6 Å². The van der Waals surface area contributed by atoms with Gasteiger partial charge in [0.2, 0.25) is 0 Å². The zero-order valence-electron chi connectivity index (χ0n) is 9.61. The van der Waals surface area contributed by atoms with Gasteiger partial charge in [0.05, 0.1) is 18.7 Å². The van der Waals surface area contributed by atoms with Crippen LogP contribution < -0.4 is 5.76 Å².